The van der Waals surface area contributed by atoms with Gasteiger partial charge in [0.25, 0.3) is 15.9 Å². The highest BCUT2D eigenvalue weighted by molar-refractivity contribution is 9.10. The maximum Gasteiger partial charge on any atom is 0.264 e. The molecule has 0 aromatic heterocycles. The van der Waals surface area contributed by atoms with Gasteiger partial charge in [-0.2, -0.15) is 5.10 Å². The minimum absolute atomic E-state index is 0.00961. The Morgan fingerprint density at radius 1 is 1.09 bits per heavy atom. The zero-order chi connectivity index (χ0) is 25.6. The van der Waals surface area contributed by atoms with Crippen LogP contribution in [0.2, 0.25) is 5.02 Å². The Hall–Kier alpha value is -3.08. The van der Waals surface area contributed by atoms with E-state index < -0.39 is 22.5 Å². The Morgan fingerprint density at radius 3 is 2.31 bits per heavy atom. The molecule has 0 radical (unpaired) electrons. The minimum Gasteiger partial charge on any atom is -0.497 e. The van der Waals surface area contributed by atoms with E-state index in [1.165, 1.54) is 49.7 Å². The molecular weight excluding hydrogens is 556 g/mol. The van der Waals surface area contributed by atoms with Crippen LogP contribution in [0.15, 0.2) is 81.2 Å². The van der Waals surface area contributed by atoms with Crippen molar-refractivity contribution >= 4 is 61.1 Å². The summed E-state index contributed by atoms with van der Waals surface area (Å²) in [7, 11) is 1.28. The third kappa shape index (κ3) is 6.74. The molecule has 0 fully saturated rings. The molecule has 1 amide bonds. The molecule has 8 nitrogen and oxygen atoms in total. The molecule has 3 rings (SSSR count). The molecule has 0 saturated carbocycles. The lowest BCUT2D eigenvalue weighted by atomic mass is 10.2. The highest BCUT2D eigenvalue weighted by atomic mass is 79.9. The Balaban J connectivity index is 1.81. The molecule has 1 N–H and O–H groups in total. The number of hydrazone groups is 1. The fourth-order valence-electron chi connectivity index (χ4n) is 3.11. The number of carbonyl (C=O) groups excluding carboxylic acids is 1. The van der Waals surface area contributed by atoms with E-state index in [9.17, 15) is 13.2 Å². The van der Waals surface area contributed by atoms with Crippen LogP contribution in [-0.4, -0.2) is 48.3 Å². The predicted molar refractivity (Wildman–Crippen MR) is 143 cm³/mol. The number of hydrogen-bond donors (Lipinski definition) is 1. The van der Waals surface area contributed by atoms with Gasteiger partial charge in [-0.3, -0.25) is 9.10 Å². The van der Waals surface area contributed by atoms with Crippen molar-refractivity contribution in [2.45, 2.75) is 4.90 Å². The van der Waals surface area contributed by atoms with Crippen LogP contribution in [-0.2, 0) is 14.8 Å². The number of ether oxygens (including phenoxy) is 1. The number of hydrogen-bond acceptors (Lipinski definition) is 6. The van der Waals surface area contributed by atoms with Gasteiger partial charge < -0.3 is 9.64 Å². The van der Waals surface area contributed by atoms with Crippen molar-refractivity contribution in [3.05, 3.63) is 81.8 Å². The lowest BCUT2D eigenvalue weighted by Crippen LogP contribution is -2.39. The molecule has 0 atom stereocenters. The van der Waals surface area contributed by atoms with Crippen LogP contribution in [0.25, 0.3) is 0 Å². The maximum atomic E-state index is 13.4. The summed E-state index contributed by atoms with van der Waals surface area (Å²) in [6.07, 6.45) is 1.48. The number of sulfonamides is 1. The molecule has 0 unspecified atom stereocenters. The lowest BCUT2D eigenvalue weighted by molar-refractivity contribution is -0.119. The minimum atomic E-state index is -4.07. The molecule has 0 aliphatic rings. The molecule has 11 heteroatoms. The molecule has 0 spiro atoms. The second-order valence-electron chi connectivity index (χ2n) is 7.56. The Bertz CT molecular complexity index is 1310. The fraction of sp³-hybridized carbons (Fsp3) is 0.167. The summed E-state index contributed by atoms with van der Waals surface area (Å²) >= 11 is 9.47. The first-order valence-electron chi connectivity index (χ1n) is 10.3. The predicted octanol–water partition coefficient (Wildman–Crippen LogP) is 4.52. The van der Waals surface area contributed by atoms with Gasteiger partial charge in [-0.05, 0) is 82.2 Å². The van der Waals surface area contributed by atoms with Gasteiger partial charge in [-0.15, -0.1) is 0 Å². The van der Waals surface area contributed by atoms with E-state index in [-0.39, 0.29) is 10.6 Å². The van der Waals surface area contributed by atoms with Gasteiger partial charge in [0.15, 0.2) is 0 Å². The molecule has 0 aliphatic heterocycles. The summed E-state index contributed by atoms with van der Waals surface area (Å²) in [5.41, 5.74) is 4.43. The van der Waals surface area contributed by atoms with E-state index in [2.05, 4.69) is 26.5 Å². The van der Waals surface area contributed by atoms with E-state index in [1.54, 1.807) is 12.1 Å². The summed E-state index contributed by atoms with van der Waals surface area (Å²) in [6.45, 7) is -0.489. The van der Waals surface area contributed by atoms with Crippen LogP contribution in [0.3, 0.4) is 0 Å². The van der Waals surface area contributed by atoms with Gasteiger partial charge in [0, 0.05) is 23.6 Å². The van der Waals surface area contributed by atoms with E-state index in [1.807, 2.05) is 37.2 Å². The SMILES string of the molecule is COc1ccc(S(=O)(=O)N(CC(=O)N/N=C/c2ccc(N(C)C)c(Br)c2)c2ccc(Cl)cc2)cc1. The third-order valence-electron chi connectivity index (χ3n) is 4.91. The van der Waals surface area contributed by atoms with Gasteiger partial charge in [-0.1, -0.05) is 17.7 Å². The highest BCUT2D eigenvalue weighted by Crippen LogP contribution is 2.27. The first-order valence-corrected chi connectivity index (χ1v) is 12.9. The Labute approximate surface area is 218 Å². The number of nitrogens with zero attached hydrogens (tertiary/aromatic N) is 3. The molecule has 0 heterocycles. The Kier molecular flexibility index (Phi) is 8.76. The number of amides is 1. The van der Waals surface area contributed by atoms with Crippen LogP contribution >= 0.6 is 27.5 Å². The summed E-state index contributed by atoms with van der Waals surface area (Å²) < 4.78 is 33.8. The fourth-order valence-corrected chi connectivity index (χ4v) is 5.41. The van der Waals surface area contributed by atoms with Crippen LogP contribution in [0.5, 0.6) is 5.75 Å². The summed E-state index contributed by atoms with van der Waals surface area (Å²) in [6, 6.07) is 17.7. The van der Waals surface area contributed by atoms with Gasteiger partial charge in [0.1, 0.15) is 12.3 Å². The maximum absolute atomic E-state index is 13.4. The van der Waals surface area contributed by atoms with Gasteiger partial charge in [-0.25, -0.2) is 13.8 Å². The number of benzene rings is 3. The zero-order valence-electron chi connectivity index (χ0n) is 19.3. The smallest absolute Gasteiger partial charge is 0.264 e. The summed E-state index contributed by atoms with van der Waals surface area (Å²) in [5, 5.41) is 4.42. The van der Waals surface area contributed by atoms with Crippen LogP contribution in [0.4, 0.5) is 11.4 Å². The van der Waals surface area contributed by atoms with Crippen molar-refractivity contribution in [1.82, 2.24) is 5.43 Å². The molecule has 0 aliphatic carbocycles. The van der Waals surface area contributed by atoms with E-state index >= 15 is 0 Å². The molecule has 3 aromatic carbocycles. The number of carbonyl (C=O) groups is 1. The first-order chi connectivity index (χ1) is 16.6. The molecule has 184 valence electrons. The van der Waals surface area contributed by atoms with E-state index in [0.29, 0.717) is 10.8 Å². The number of halogens is 2. The number of anilines is 2. The second kappa shape index (κ2) is 11.6. The summed E-state index contributed by atoms with van der Waals surface area (Å²) in [5.74, 6) is -0.100. The van der Waals surface area contributed by atoms with Gasteiger partial charge in [0.2, 0.25) is 0 Å². The highest BCUT2D eigenvalue weighted by Gasteiger charge is 2.27. The van der Waals surface area contributed by atoms with Crippen molar-refractivity contribution in [3.63, 3.8) is 0 Å². The number of methoxy groups -OCH3 is 1. The van der Waals surface area contributed by atoms with Crippen LogP contribution < -0.4 is 19.4 Å². The quantitative estimate of drug-likeness (QED) is 0.297. The van der Waals surface area contributed by atoms with Crippen LogP contribution in [0, 0.1) is 0 Å². The normalized spacial score (nSPS) is 11.3. The molecule has 35 heavy (non-hydrogen) atoms. The first kappa shape index (κ1) is 26.5. The van der Waals surface area contributed by atoms with E-state index in [4.69, 9.17) is 16.3 Å². The summed E-state index contributed by atoms with van der Waals surface area (Å²) in [4.78, 5) is 14.6. The Morgan fingerprint density at radius 2 is 1.74 bits per heavy atom. The standard InChI is InChI=1S/C24H24BrClN4O4S/c1-29(2)23-13-4-17(14-22(23)25)15-27-28-24(31)16-30(19-7-5-18(26)6-8-19)35(32,33)21-11-9-20(34-3)10-12-21/h4-15H,16H2,1-3H3,(H,28,31)/b27-15+. The molecular formula is C24H24BrClN4O4S. The van der Waals surface area contributed by atoms with Crippen molar-refractivity contribution in [1.29, 1.82) is 0 Å². The topological polar surface area (TPSA) is 91.3 Å². The van der Waals surface area contributed by atoms with Crippen molar-refractivity contribution in [2.75, 3.05) is 37.0 Å². The second-order valence-corrected chi connectivity index (χ2v) is 10.7. The number of rotatable bonds is 9. The average molecular weight is 580 g/mol. The van der Waals surface area contributed by atoms with Gasteiger partial charge in [0.05, 0.1) is 29.6 Å². The molecule has 0 saturated heterocycles. The lowest BCUT2D eigenvalue weighted by Gasteiger charge is -2.23. The monoisotopic (exact) mass is 578 g/mol. The van der Waals surface area contributed by atoms with E-state index in [0.717, 1.165) is 20.0 Å². The molecule has 0 bridgehead atoms. The average Bonchev–Trinajstić information content (AvgIpc) is 2.83. The van der Waals surface area contributed by atoms with Crippen molar-refractivity contribution in [2.24, 2.45) is 5.10 Å². The zero-order valence-corrected chi connectivity index (χ0v) is 22.4. The van der Waals surface area contributed by atoms with Crippen molar-refractivity contribution < 1.29 is 17.9 Å². The number of nitrogens with one attached hydrogen (secondary N) is 1. The van der Waals surface area contributed by atoms with Crippen LogP contribution in [0.1, 0.15) is 5.56 Å². The third-order valence-corrected chi connectivity index (χ3v) is 7.58. The largest absolute Gasteiger partial charge is 0.497 e. The van der Waals surface area contributed by atoms with Gasteiger partial charge >= 0.3 is 0 Å². The molecule has 3 aromatic rings. The van der Waals surface area contributed by atoms with Crippen molar-refractivity contribution in [3.8, 4) is 5.75 Å².